The number of nitrogens with zero attached hydrogens (tertiary/aromatic N) is 2. The van der Waals surface area contributed by atoms with E-state index < -0.39 is 11.8 Å². The average Bonchev–Trinajstić information content (AvgIpc) is 2.74. The normalized spacial score (nSPS) is 10.8. The Morgan fingerprint density at radius 2 is 1.66 bits per heavy atom. The first-order chi connectivity index (χ1) is 14.1. The van der Waals surface area contributed by atoms with Crippen molar-refractivity contribution in [2.45, 2.75) is 6.61 Å². The quantitative estimate of drug-likeness (QED) is 0.465. The molecule has 0 aliphatic carbocycles. The lowest BCUT2D eigenvalue weighted by Crippen LogP contribution is -2.25. The molecule has 0 N–H and O–H groups in total. The van der Waals surface area contributed by atoms with Gasteiger partial charge in [-0.3, -0.25) is 4.79 Å². The minimum absolute atomic E-state index is 0.0449. The molecule has 0 aliphatic rings. The van der Waals surface area contributed by atoms with Crippen molar-refractivity contribution in [1.29, 1.82) is 0 Å². The molecule has 5 nitrogen and oxygen atoms in total. The largest absolute Gasteiger partial charge is 0.456 e. The Hall–Kier alpha value is -3.51. The number of hydrogen-bond donors (Lipinski definition) is 0. The maximum Gasteiger partial charge on any atom is 0.359 e. The summed E-state index contributed by atoms with van der Waals surface area (Å²) in [6.07, 6.45) is 0. The van der Waals surface area contributed by atoms with Crippen LogP contribution in [0.2, 0.25) is 5.02 Å². The van der Waals surface area contributed by atoms with Gasteiger partial charge in [-0.2, -0.15) is 9.78 Å². The highest BCUT2D eigenvalue weighted by Crippen LogP contribution is 2.21. The third-order valence-electron chi connectivity index (χ3n) is 4.41. The zero-order chi connectivity index (χ0) is 20.4. The van der Waals surface area contributed by atoms with Gasteiger partial charge in [-0.1, -0.05) is 54.1 Å². The highest BCUT2D eigenvalue weighted by atomic mass is 35.5. The fraction of sp³-hybridized carbons (Fsp3) is 0.0455. The Balaban J connectivity index is 1.77. The number of carbonyl (C=O) groups is 1. The molecular weight excluding hydrogens is 395 g/mol. The van der Waals surface area contributed by atoms with Crippen LogP contribution in [-0.4, -0.2) is 15.7 Å². The monoisotopic (exact) mass is 408 g/mol. The predicted octanol–water partition coefficient (Wildman–Crippen LogP) is 4.54. The van der Waals surface area contributed by atoms with E-state index >= 15 is 0 Å². The van der Waals surface area contributed by atoms with Gasteiger partial charge in [-0.05, 0) is 30.3 Å². The number of carbonyl (C=O) groups excluding carboxylic acids is 1. The maximum absolute atomic E-state index is 14.0. The van der Waals surface area contributed by atoms with Gasteiger partial charge in [0.05, 0.1) is 16.1 Å². The molecule has 0 saturated carbocycles. The van der Waals surface area contributed by atoms with Crippen molar-refractivity contribution in [2.75, 3.05) is 0 Å². The van der Waals surface area contributed by atoms with E-state index in [4.69, 9.17) is 16.3 Å². The molecule has 0 aliphatic heterocycles. The van der Waals surface area contributed by atoms with Crippen molar-refractivity contribution in [2.24, 2.45) is 0 Å². The van der Waals surface area contributed by atoms with E-state index in [-0.39, 0.29) is 28.4 Å². The smallest absolute Gasteiger partial charge is 0.359 e. The Bertz CT molecular complexity index is 1250. The molecule has 0 spiro atoms. The fourth-order valence-electron chi connectivity index (χ4n) is 2.96. The van der Waals surface area contributed by atoms with Crippen molar-refractivity contribution in [1.82, 2.24) is 9.78 Å². The third-order valence-corrected chi connectivity index (χ3v) is 4.76. The van der Waals surface area contributed by atoms with Crippen LogP contribution in [0.1, 0.15) is 16.1 Å². The van der Waals surface area contributed by atoms with Crippen LogP contribution in [0, 0.1) is 5.82 Å². The van der Waals surface area contributed by atoms with Crippen molar-refractivity contribution >= 4 is 28.3 Å². The summed E-state index contributed by atoms with van der Waals surface area (Å²) < 4.78 is 20.4. The number of hydrogen-bond acceptors (Lipinski definition) is 4. The predicted molar refractivity (Wildman–Crippen MR) is 108 cm³/mol. The van der Waals surface area contributed by atoms with Crippen LogP contribution in [0.4, 0.5) is 4.39 Å². The second-order valence-corrected chi connectivity index (χ2v) is 6.63. The number of rotatable bonds is 4. The van der Waals surface area contributed by atoms with E-state index in [1.807, 2.05) is 6.07 Å². The standard InChI is InChI=1S/C22H14ClFN2O3/c23-18-11-6-12-19(24)17(18)13-29-22(28)20-15-9-4-5-10-16(15)21(27)26(25-20)14-7-2-1-3-8-14/h1-12H,13H2. The summed E-state index contributed by atoms with van der Waals surface area (Å²) in [5.41, 5.74) is 0.176. The number of halogens is 2. The van der Waals surface area contributed by atoms with Crippen LogP contribution in [0.3, 0.4) is 0 Å². The first kappa shape index (κ1) is 18.8. The molecule has 0 fully saturated rings. The lowest BCUT2D eigenvalue weighted by molar-refractivity contribution is 0.0462. The first-order valence-corrected chi connectivity index (χ1v) is 9.11. The van der Waals surface area contributed by atoms with E-state index in [1.165, 1.54) is 18.2 Å². The lowest BCUT2D eigenvalue weighted by Gasteiger charge is -2.11. The molecule has 0 radical (unpaired) electrons. The summed E-state index contributed by atoms with van der Waals surface area (Å²) in [7, 11) is 0. The van der Waals surface area contributed by atoms with Gasteiger partial charge in [0.25, 0.3) is 5.56 Å². The van der Waals surface area contributed by atoms with E-state index in [9.17, 15) is 14.0 Å². The topological polar surface area (TPSA) is 61.2 Å². The summed E-state index contributed by atoms with van der Waals surface area (Å²) >= 11 is 5.99. The van der Waals surface area contributed by atoms with Gasteiger partial charge >= 0.3 is 5.97 Å². The van der Waals surface area contributed by atoms with Gasteiger partial charge < -0.3 is 4.74 Å². The van der Waals surface area contributed by atoms with Crippen LogP contribution < -0.4 is 5.56 Å². The molecule has 3 aromatic carbocycles. The molecule has 1 heterocycles. The van der Waals surface area contributed by atoms with E-state index in [0.717, 1.165) is 4.68 Å². The van der Waals surface area contributed by atoms with Crippen molar-refractivity contribution in [3.05, 3.63) is 105 Å². The Morgan fingerprint density at radius 1 is 0.966 bits per heavy atom. The molecule has 0 unspecified atom stereocenters. The first-order valence-electron chi connectivity index (χ1n) is 8.74. The summed E-state index contributed by atoms with van der Waals surface area (Å²) in [4.78, 5) is 25.6. The minimum Gasteiger partial charge on any atom is -0.456 e. The molecule has 4 aromatic rings. The van der Waals surface area contributed by atoms with Crippen LogP contribution >= 0.6 is 11.6 Å². The average molecular weight is 409 g/mol. The Morgan fingerprint density at radius 3 is 2.38 bits per heavy atom. The fourth-order valence-corrected chi connectivity index (χ4v) is 3.18. The van der Waals surface area contributed by atoms with E-state index in [2.05, 4.69) is 5.10 Å². The highest BCUT2D eigenvalue weighted by molar-refractivity contribution is 6.31. The second-order valence-electron chi connectivity index (χ2n) is 6.22. The maximum atomic E-state index is 14.0. The molecular formula is C22H14ClFN2O3. The van der Waals surface area contributed by atoms with Crippen LogP contribution in [0.15, 0.2) is 77.6 Å². The number of benzene rings is 3. The van der Waals surface area contributed by atoms with Crippen molar-refractivity contribution in [3.8, 4) is 5.69 Å². The summed E-state index contributed by atoms with van der Waals surface area (Å²) in [6.45, 7) is -0.356. The molecule has 1 aromatic heterocycles. The minimum atomic E-state index is -0.787. The molecule has 0 bridgehead atoms. The van der Waals surface area contributed by atoms with Crippen molar-refractivity contribution in [3.63, 3.8) is 0 Å². The van der Waals surface area contributed by atoms with E-state index in [0.29, 0.717) is 16.5 Å². The van der Waals surface area contributed by atoms with Gasteiger partial charge in [0, 0.05) is 10.9 Å². The number of para-hydroxylation sites is 1. The Labute approximate surface area is 169 Å². The Kier molecular flexibility index (Phi) is 5.10. The zero-order valence-corrected chi connectivity index (χ0v) is 15.8. The lowest BCUT2D eigenvalue weighted by atomic mass is 10.1. The molecule has 0 saturated heterocycles. The zero-order valence-electron chi connectivity index (χ0n) is 15.0. The van der Waals surface area contributed by atoms with Gasteiger partial charge in [0.15, 0.2) is 5.69 Å². The number of esters is 1. The van der Waals surface area contributed by atoms with Gasteiger partial charge in [0.2, 0.25) is 0 Å². The molecule has 29 heavy (non-hydrogen) atoms. The molecule has 144 valence electrons. The number of ether oxygens (including phenoxy) is 1. The second kappa shape index (κ2) is 7.85. The molecule has 4 rings (SSSR count). The van der Waals surface area contributed by atoms with Crippen LogP contribution in [0.25, 0.3) is 16.5 Å². The molecule has 0 atom stereocenters. The number of aromatic nitrogens is 2. The SMILES string of the molecule is O=C(OCc1c(F)cccc1Cl)c1nn(-c2ccccc2)c(=O)c2ccccc12. The molecule has 0 amide bonds. The van der Waals surface area contributed by atoms with Gasteiger partial charge in [-0.15, -0.1) is 0 Å². The summed E-state index contributed by atoms with van der Waals surface area (Å²) in [5, 5.41) is 5.07. The van der Waals surface area contributed by atoms with E-state index in [1.54, 1.807) is 48.5 Å². The van der Waals surface area contributed by atoms with Crippen LogP contribution in [0.5, 0.6) is 0 Å². The third kappa shape index (κ3) is 3.62. The highest BCUT2D eigenvalue weighted by Gasteiger charge is 2.19. The van der Waals surface area contributed by atoms with Gasteiger partial charge in [-0.25, -0.2) is 9.18 Å². The summed E-state index contributed by atoms with van der Waals surface area (Å²) in [5.74, 6) is -1.36. The number of fused-ring (bicyclic) bond motifs is 1. The summed E-state index contributed by atoms with van der Waals surface area (Å²) in [6, 6.07) is 19.6. The van der Waals surface area contributed by atoms with Gasteiger partial charge in [0.1, 0.15) is 12.4 Å². The van der Waals surface area contributed by atoms with Crippen molar-refractivity contribution < 1.29 is 13.9 Å². The van der Waals surface area contributed by atoms with Crippen LogP contribution in [-0.2, 0) is 11.3 Å². The molecule has 7 heteroatoms.